The third-order valence-electron chi connectivity index (χ3n) is 5.03. The molecule has 0 N–H and O–H groups in total. The summed E-state index contributed by atoms with van der Waals surface area (Å²) in [6.07, 6.45) is 6.32. The van der Waals surface area contributed by atoms with Gasteiger partial charge in [-0.3, -0.25) is 4.79 Å². The first kappa shape index (κ1) is 22.3. The molecule has 0 aliphatic carbocycles. The van der Waals surface area contributed by atoms with Crippen molar-refractivity contribution in [2.75, 3.05) is 20.7 Å². The highest BCUT2D eigenvalue weighted by Crippen LogP contribution is 2.36. The summed E-state index contributed by atoms with van der Waals surface area (Å²) in [5.41, 5.74) is 1.95. The van der Waals surface area contributed by atoms with Crippen LogP contribution in [0.25, 0.3) is 10.9 Å². The van der Waals surface area contributed by atoms with Gasteiger partial charge in [0.2, 0.25) is 0 Å². The minimum Gasteiger partial charge on any atom is -0.369 e. The minimum absolute atomic E-state index is 0.152. The first-order chi connectivity index (χ1) is 14.8. The van der Waals surface area contributed by atoms with Crippen molar-refractivity contribution in [3.05, 3.63) is 56.1 Å². The number of hydrogen-bond acceptors (Lipinski definition) is 4. The zero-order valence-corrected chi connectivity index (χ0v) is 20.2. The fraction of sp³-hybridized carbons (Fsp3) is 0.318. The highest BCUT2D eigenvalue weighted by molar-refractivity contribution is 9.10. The molecule has 0 amide bonds. The van der Waals surface area contributed by atoms with E-state index in [1.807, 2.05) is 20.3 Å². The second kappa shape index (κ2) is 9.28. The molecule has 2 aromatic carbocycles. The van der Waals surface area contributed by atoms with Gasteiger partial charge in [-0.2, -0.15) is 5.10 Å². The van der Waals surface area contributed by atoms with Gasteiger partial charge in [-0.05, 0) is 59.5 Å². The van der Waals surface area contributed by atoms with Crippen LogP contribution in [0.15, 0.2) is 39.9 Å². The first-order valence-corrected chi connectivity index (χ1v) is 11.4. The molecule has 2 heterocycles. The quantitative estimate of drug-likeness (QED) is 0.225. The number of halogens is 3. The minimum atomic E-state index is -0.208. The van der Waals surface area contributed by atoms with E-state index in [0.717, 1.165) is 19.3 Å². The molecule has 4 rings (SSSR count). The molecule has 0 bridgehead atoms. The fourth-order valence-corrected chi connectivity index (χ4v) is 4.67. The van der Waals surface area contributed by atoms with Crippen LogP contribution in [0, 0.1) is 0 Å². The predicted octanol–water partition coefficient (Wildman–Crippen LogP) is 6.26. The van der Waals surface area contributed by atoms with Crippen molar-refractivity contribution < 1.29 is 9.53 Å². The summed E-state index contributed by atoms with van der Waals surface area (Å²) in [7, 11) is 3.72. The molecular weight excluding hydrogens is 503 g/mol. The van der Waals surface area contributed by atoms with Gasteiger partial charge < -0.3 is 9.64 Å². The summed E-state index contributed by atoms with van der Waals surface area (Å²) in [5.74, 6) is -0.208. The predicted molar refractivity (Wildman–Crippen MR) is 128 cm³/mol. The molecule has 3 aromatic rings. The van der Waals surface area contributed by atoms with Crippen LogP contribution in [0.1, 0.15) is 41.4 Å². The fourth-order valence-electron chi connectivity index (χ4n) is 3.56. The number of rotatable bonds is 5. The van der Waals surface area contributed by atoms with E-state index in [0.29, 0.717) is 48.8 Å². The molecule has 1 saturated heterocycles. The Labute approximate surface area is 198 Å². The summed E-state index contributed by atoms with van der Waals surface area (Å²) in [6, 6.07) is 6.76. The Hall–Kier alpha value is -1.93. The third-order valence-corrected chi connectivity index (χ3v) is 6.16. The topological polar surface area (TPSA) is 59.7 Å². The SMILES string of the molecule is CN(C)/C=N/c1c(Br)cc(Cl)cc1C(=O)c1ccc(Cl)c2nn(C3CCCCO3)cc12. The van der Waals surface area contributed by atoms with E-state index in [2.05, 4.69) is 26.0 Å². The summed E-state index contributed by atoms with van der Waals surface area (Å²) in [6.45, 7) is 0.699. The van der Waals surface area contributed by atoms with Crippen LogP contribution in [-0.4, -0.2) is 47.5 Å². The normalized spacial score (nSPS) is 16.9. The molecule has 31 heavy (non-hydrogen) atoms. The Morgan fingerprint density at radius 1 is 1.29 bits per heavy atom. The zero-order chi connectivity index (χ0) is 22.1. The van der Waals surface area contributed by atoms with E-state index < -0.39 is 0 Å². The highest BCUT2D eigenvalue weighted by Gasteiger charge is 2.23. The number of carbonyl (C=O) groups excluding carboxylic acids is 1. The number of hydrogen-bond donors (Lipinski definition) is 0. The van der Waals surface area contributed by atoms with Gasteiger partial charge in [0.15, 0.2) is 5.78 Å². The van der Waals surface area contributed by atoms with Gasteiger partial charge in [-0.15, -0.1) is 0 Å². The van der Waals surface area contributed by atoms with Crippen molar-refractivity contribution in [3.63, 3.8) is 0 Å². The molecule has 1 fully saturated rings. The molecule has 1 atom stereocenters. The molecule has 1 unspecified atom stereocenters. The summed E-state index contributed by atoms with van der Waals surface area (Å²) >= 11 is 16.2. The molecule has 0 radical (unpaired) electrons. The molecule has 1 aliphatic heterocycles. The van der Waals surface area contributed by atoms with Gasteiger partial charge in [0.1, 0.15) is 11.7 Å². The first-order valence-electron chi connectivity index (χ1n) is 9.88. The molecule has 162 valence electrons. The zero-order valence-electron chi connectivity index (χ0n) is 17.1. The van der Waals surface area contributed by atoms with Crippen molar-refractivity contribution in [2.24, 2.45) is 4.99 Å². The number of nitrogens with zero attached hydrogens (tertiary/aromatic N) is 4. The maximum Gasteiger partial charge on any atom is 0.196 e. The lowest BCUT2D eigenvalue weighted by Crippen LogP contribution is -2.18. The summed E-state index contributed by atoms with van der Waals surface area (Å²) in [5, 5.41) is 6.22. The second-order valence-electron chi connectivity index (χ2n) is 7.61. The maximum atomic E-state index is 13.6. The van der Waals surface area contributed by atoms with Crippen molar-refractivity contribution in [3.8, 4) is 0 Å². The average Bonchev–Trinajstić information content (AvgIpc) is 3.19. The van der Waals surface area contributed by atoms with Gasteiger partial charge in [0, 0.05) is 47.3 Å². The van der Waals surface area contributed by atoms with Crippen molar-refractivity contribution in [1.29, 1.82) is 0 Å². The van der Waals surface area contributed by atoms with Crippen LogP contribution in [0.3, 0.4) is 0 Å². The van der Waals surface area contributed by atoms with E-state index in [4.69, 9.17) is 27.9 Å². The van der Waals surface area contributed by atoms with Crippen LogP contribution in [0.4, 0.5) is 5.69 Å². The van der Waals surface area contributed by atoms with Crippen LogP contribution in [-0.2, 0) is 4.74 Å². The van der Waals surface area contributed by atoms with Gasteiger partial charge in [-0.1, -0.05) is 23.2 Å². The molecule has 1 aromatic heterocycles. The maximum absolute atomic E-state index is 13.6. The molecule has 6 nitrogen and oxygen atoms in total. The number of fused-ring (bicyclic) bond motifs is 1. The molecule has 0 saturated carbocycles. The monoisotopic (exact) mass is 522 g/mol. The molecular formula is C22H21BrCl2N4O2. The highest BCUT2D eigenvalue weighted by atomic mass is 79.9. The Balaban J connectivity index is 1.83. The number of carbonyl (C=O) groups is 1. The summed E-state index contributed by atoms with van der Waals surface area (Å²) < 4.78 is 8.25. The molecule has 9 heteroatoms. The van der Waals surface area contributed by atoms with E-state index >= 15 is 0 Å². The largest absolute Gasteiger partial charge is 0.369 e. The lowest BCUT2D eigenvalue weighted by molar-refractivity contribution is -0.0390. The van der Waals surface area contributed by atoms with Crippen molar-refractivity contribution in [1.82, 2.24) is 14.7 Å². The number of ketones is 1. The van der Waals surface area contributed by atoms with E-state index in [9.17, 15) is 4.79 Å². The van der Waals surface area contributed by atoms with Crippen LogP contribution in [0.2, 0.25) is 10.0 Å². The number of benzene rings is 2. The lowest BCUT2D eigenvalue weighted by Gasteiger charge is -2.22. The Bertz CT molecular complexity index is 1170. The van der Waals surface area contributed by atoms with Crippen LogP contribution in [0.5, 0.6) is 0 Å². The Morgan fingerprint density at radius 2 is 2.10 bits per heavy atom. The standard InChI is InChI=1S/C22H21BrCl2N4O2/c1-28(2)12-26-20-15(9-13(24)10-17(20)23)22(30)14-6-7-18(25)21-16(14)11-29(27-21)19-5-3-4-8-31-19/h6-7,9-12,19H,3-5,8H2,1-2H3/b26-12+. The van der Waals surface area contributed by atoms with Crippen LogP contribution >= 0.6 is 39.1 Å². The Morgan fingerprint density at radius 3 is 2.81 bits per heavy atom. The molecule has 1 aliphatic rings. The van der Waals surface area contributed by atoms with Crippen LogP contribution < -0.4 is 0 Å². The molecule has 0 spiro atoms. The number of aliphatic imine (C=N–C) groups is 1. The van der Waals surface area contributed by atoms with E-state index in [1.54, 1.807) is 40.2 Å². The third kappa shape index (κ3) is 4.65. The van der Waals surface area contributed by atoms with Gasteiger partial charge >= 0.3 is 0 Å². The van der Waals surface area contributed by atoms with Gasteiger partial charge in [0.25, 0.3) is 0 Å². The smallest absolute Gasteiger partial charge is 0.196 e. The van der Waals surface area contributed by atoms with Crippen molar-refractivity contribution >= 4 is 67.8 Å². The van der Waals surface area contributed by atoms with E-state index in [1.165, 1.54) is 0 Å². The number of ether oxygens (including phenoxy) is 1. The Kier molecular flexibility index (Phi) is 6.67. The van der Waals surface area contributed by atoms with Gasteiger partial charge in [-0.25, -0.2) is 9.67 Å². The average molecular weight is 524 g/mol. The van der Waals surface area contributed by atoms with Crippen molar-refractivity contribution in [2.45, 2.75) is 25.5 Å². The lowest BCUT2D eigenvalue weighted by atomic mass is 9.99. The van der Waals surface area contributed by atoms with E-state index in [-0.39, 0.29) is 12.0 Å². The number of aromatic nitrogens is 2. The van der Waals surface area contributed by atoms with Gasteiger partial charge in [0.05, 0.1) is 22.6 Å². The second-order valence-corrected chi connectivity index (χ2v) is 9.31. The summed E-state index contributed by atoms with van der Waals surface area (Å²) in [4.78, 5) is 19.9.